The molecule has 0 aliphatic carbocycles. The van der Waals surface area contributed by atoms with Crippen LogP contribution in [0.25, 0.3) is 18.2 Å². The van der Waals surface area contributed by atoms with Crippen molar-refractivity contribution in [3.63, 3.8) is 0 Å². The van der Waals surface area contributed by atoms with Crippen LogP contribution in [0.4, 0.5) is 0 Å². The summed E-state index contributed by atoms with van der Waals surface area (Å²) in [6, 6.07) is 19.3. The summed E-state index contributed by atoms with van der Waals surface area (Å²) in [5.41, 5.74) is 3.36. The van der Waals surface area contributed by atoms with Gasteiger partial charge in [-0.3, -0.25) is 0 Å². The second kappa shape index (κ2) is 8.84. The summed E-state index contributed by atoms with van der Waals surface area (Å²) >= 11 is 0. The van der Waals surface area contributed by atoms with Crippen LogP contribution in [0.3, 0.4) is 0 Å². The normalized spacial score (nSPS) is 10.6. The Labute approximate surface area is 139 Å². The van der Waals surface area contributed by atoms with E-state index in [0.717, 1.165) is 16.7 Å². The van der Waals surface area contributed by atoms with E-state index in [2.05, 4.69) is 30.4 Å². The van der Waals surface area contributed by atoms with E-state index in [-0.39, 0.29) is 32.7 Å². The van der Waals surface area contributed by atoms with Crippen LogP contribution in [0.1, 0.15) is 16.7 Å². The van der Waals surface area contributed by atoms with Gasteiger partial charge < -0.3 is 4.74 Å². The molecule has 1 radical (unpaired) electrons. The van der Waals surface area contributed by atoms with Crippen LogP contribution < -0.4 is 0 Å². The van der Waals surface area contributed by atoms with Crippen molar-refractivity contribution in [2.45, 2.75) is 0 Å². The average molecular weight is 324 g/mol. The first kappa shape index (κ1) is 15.9. The van der Waals surface area contributed by atoms with E-state index in [9.17, 15) is 0 Å². The Kier molecular flexibility index (Phi) is 7.39. The van der Waals surface area contributed by atoms with Crippen LogP contribution in [0.2, 0.25) is 0 Å². The number of ether oxygens (including phenoxy) is 1. The molecule has 0 fully saturated rings. The molecule has 2 rings (SSSR count). The zero-order valence-electron chi connectivity index (χ0n) is 10.9. The predicted octanol–water partition coefficient (Wildman–Crippen LogP) is 4.27. The van der Waals surface area contributed by atoms with E-state index < -0.39 is 0 Å². The van der Waals surface area contributed by atoms with E-state index in [1.165, 1.54) is 0 Å². The van der Waals surface area contributed by atoms with Crippen LogP contribution >= 0.6 is 0 Å². The first-order valence-electron chi connectivity index (χ1n) is 5.83. The van der Waals surface area contributed by atoms with E-state index in [0.29, 0.717) is 0 Å². The van der Waals surface area contributed by atoms with Gasteiger partial charge in [-0.05, 0) is 17.2 Å². The first-order valence-corrected chi connectivity index (χ1v) is 5.83. The quantitative estimate of drug-likeness (QED) is 0.464. The van der Waals surface area contributed by atoms with Gasteiger partial charge in [-0.25, -0.2) is 0 Å². The van der Waals surface area contributed by atoms with Crippen molar-refractivity contribution in [3.8, 4) is 0 Å². The summed E-state index contributed by atoms with van der Waals surface area (Å²) in [6.45, 7) is 0. The molecular weight excluding hydrogens is 309 g/mol. The van der Waals surface area contributed by atoms with Crippen LogP contribution in [0, 0.1) is 6.07 Å². The molecule has 0 heterocycles. The Bertz CT molecular complexity index is 544. The minimum atomic E-state index is 0. The van der Waals surface area contributed by atoms with Gasteiger partial charge in [0.2, 0.25) is 0 Å². The third-order valence-electron chi connectivity index (χ3n) is 2.56. The molecular formula is C17H15OY-. The first-order chi connectivity index (χ1) is 8.90. The van der Waals surface area contributed by atoms with Crippen LogP contribution in [-0.2, 0) is 37.4 Å². The Morgan fingerprint density at radius 1 is 0.895 bits per heavy atom. The fourth-order valence-electron chi connectivity index (χ4n) is 1.65. The minimum Gasteiger partial charge on any atom is -0.504 e. The smallest absolute Gasteiger partial charge is 0.0830 e. The van der Waals surface area contributed by atoms with Gasteiger partial charge in [0.1, 0.15) is 0 Å². The van der Waals surface area contributed by atoms with Gasteiger partial charge in [-0.2, -0.15) is 5.56 Å². The minimum absolute atomic E-state index is 0. The van der Waals surface area contributed by atoms with Crippen molar-refractivity contribution in [2.75, 3.05) is 7.11 Å². The molecule has 2 heteroatoms. The number of methoxy groups -OCH3 is 1. The summed E-state index contributed by atoms with van der Waals surface area (Å²) in [7, 11) is 1.65. The molecule has 1 nitrogen and oxygen atoms in total. The van der Waals surface area contributed by atoms with Gasteiger partial charge in [0, 0.05) is 32.7 Å². The predicted molar refractivity (Wildman–Crippen MR) is 76.7 cm³/mol. The van der Waals surface area contributed by atoms with Gasteiger partial charge >= 0.3 is 0 Å². The Hall–Kier alpha value is -1.18. The molecule has 0 saturated heterocycles. The summed E-state index contributed by atoms with van der Waals surface area (Å²) in [6.07, 6.45) is 7.77. The number of rotatable bonds is 4. The van der Waals surface area contributed by atoms with E-state index in [4.69, 9.17) is 4.74 Å². The standard InChI is InChI=1S/C17H15O.Y/c1-18-14-13-17-10-6-5-9-16(17)12-11-15-7-3-2-4-8-15;/h2-7,9-14H,1H3;/q-1;/b12-11+,14-13+;. The molecule has 0 saturated carbocycles. The van der Waals surface area contributed by atoms with Crippen LogP contribution in [-0.4, -0.2) is 7.11 Å². The van der Waals surface area contributed by atoms with Crippen molar-refractivity contribution in [2.24, 2.45) is 0 Å². The number of benzene rings is 2. The topological polar surface area (TPSA) is 9.23 Å². The van der Waals surface area contributed by atoms with Crippen LogP contribution in [0.5, 0.6) is 0 Å². The molecule has 93 valence electrons. The second-order valence-electron chi connectivity index (χ2n) is 3.82. The van der Waals surface area contributed by atoms with Gasteiger partial charge in [-0.1, -0.05) is 30.3 Å². The SMILES string of the molecule is CO/C=C/c1ccccc1/C=C/c1[c-]cccc1.[Y]. The Morgan fingerprint density at radius 2 is 1.58 bits per heavy atom. The Morgan fingerprint density at radius 3 is 2.21 bits per heavy atom. The van der Waals surface area contributed by atoms with Crippen molar-refractivity contribution >= 4 is 18.2 Å². The molecule has 0 aliphatic rings. The van der Waals surface area contributed by atoms with E-state index >= 15 is 0 Å². The molecule has 0 N–H and O–H groups in total. The summed E-state index contributed by atoms with van der Waals surface area (Å²) < 4.78 is 4.95. The maximum Gasteiger partial charge on any atom is 0.0830 e. The van der Waals surface area contributed by atoms with Gasteiger partial charge in [0.05, 0.1) is 13.4 Å². The largest absolute Gasteiger partial charge is 0.504 e. The third-order valence-corrected chi connectivity index (χ3v) is 2.56. The van der Waals surface area contributed by atoms with Crippen molar-refractivity contribution in [1.82, 2.24) is 0 Å². The molecule has 0 atom stereocenters. The molecule has 0 spiro atoms. The maximum atomic E-state index is 4.95. The van der Waals surface area contributed by atoms with Crippen LogP contribution in [0.15, 0.2) is 54.8 Å². The molecule has 0 aliphatic heterocycles. The number of hydrogen-bond acceptors (Lipinski definition) is 1. The van der Waals surface area contributed by atoms with Gasteiger partial charge in [0.25, 0.3) is 0 Å². The van der Waals surface area contributed by atoms with Gasteiger partial charge in [-0.15, -0.1) is 36.4 Å². The monoisotopic (exact) mass is 324 g/mol. The molecule has 0 unspecified atom stereocenters. The zero-order chi connectivity index (χ0) is 12.6. The second-order valence-corrected chi connectivity index (χ2v) is 3.82. The fraction of sp³-hybridized carbons (Fsp3) is 0.0588. The van der Waals surface area contributed by atoms with Gasteiger partial charge in [0.15, 0.2) is 0 Å². The summed E-state index contributed by atoms with van der Waals surface area (Å²) in [5, 5.41) is 0. The van der Waals surface area contributed by atoms with E-state index in [1.54, 1.807) is 13.4 Å². The summed E-state index contributed by atoms with van der Waals surface area (Å²) in [5.74, 6) is 0. The number of hydrogen-bond donors (Lipinski definition) is 0. The molecule has 0 bridgehead atoms. The molecule has 19 heavy (non-hydrogen) atoms. The van der Waals surface area contributed by atoms with Crippen molar-refractivity contribution < 1.29 is 37.4 Å². The summed E-state index contributed by atoms with van der Waals surface area (Å²) in [4.78, 5) is 0. The molecule has 0 aromatic heterocycles. The third kappa shape index (κ3) is 5.14. The average Bonchev–Trinajstić information content (AvgIpc) is 2.45. The Balaban J connectivity index is 0.00000180. The van der Waals surface area contributed by atoms with Crippen molar-refractivity contribution in [3.05, 3.63) is 77.5 Å². The fourth-order valence-corrected chi connectivity index (χ4v) is 1.65. The molecule has 2 aromatic carbocycles. The molecule has 0 amide bonds. The molecule has 2 aromatic rings. The zero-order valence-corrected chi connectivity index (χ0v) is 13.8. The maximum absolute atomic E-state index is 4.95. The van der Waals surface area contributed by atoms with Crippen molar-refractivity contribution in [1.29, 1.82) is 0 Å². The van der Waals surface area contributed by atoms with E-state index in [1.807, 2.05) is 42.5 Å².